The summed E-state index contributed by atoms with van der Waals surface area (Å²) in [6.07, 6.45) is 1.67. The minimum Gasteiger partial charge on any atom is -0.336 e. The number of Topliss-reactive ketones (excluding diaryl/α,β-unsaturated/α-hetero) is 1. The van der Waals surface area contributed by atoms with E-state index in [4.69, 9.17) is 0 Å². The Kier molecular flexibility index (Phi) is 5.48. The number of aryl methyl sites for hydroxylation is 2. The Balaban J connectivity index is 1.73. The molecule has 7 nitrogen and oxygen atoms in total. The molecule has 2 aromatic carbocycles. The lowest BCUT2D eigenvalue weighted by molar-refractivity contribution is -0.118. The molecule has 162 valence electrons. The Morgan fingerprint density at radius 1 is 1.00 bits per heavy atom. The van der Waals surface area contributed by atoms with Gasteiger partial charge >= 0.3 is 0 Å². The second-order valence-electron chi connectivity index (χ2n) is 7.83. The molecule has 0 unspecified atom stereocenters. The first-order valence-corrected chi connectivity index (χ1v) is 10.4. The SMILES string of the molecule is CC(=O)c1cccc(NC(=O)[C@@H](C)n2c(C)c3cnn(-c4ccccc4)c(=O)c3c2C)c1. The van der Waals surface area contributed by atoms with Crippen molar-refractivity contribution >= 4 is 28.2 Å². The standard InChI is InChI=1S/C25H24N4O3/c1-15-22-14-26-29(21-11-6-5-7-12-21)25(32)23(22)16(2)28(15)17(3)24(31)27-20-10-8-9-19(13-20)18(4)30/h5-14,17H,1-4H3,(H,27,31)/t17-/m1/s1. The molecule has 1 N–H and O–H groups in total. The van der Waals surface area contributed by atoms with E-state index >= 15 is 0 Å². The Hall–Kier alpha value is -4.00. The third-order valence-electron chi connectivity index (χ3n) is 5.76. The lowest BCUT2D eigenvalue weighted by atomic mass is 10.1. The predicted molar refractivity (Wildman–Crippen MR) is 125 cm³/mol. The van der Waals surface area contributed by atoms with E-state index in [0.29, 0.717) is 28.0 Å². The molecule has 1 amide bonds. The van der Waals surface area contributed by atoms with Gasteiger partial charge in [-0.1, -0.05) is 30.3 Å². The summed E-state index contributed by atoms with van der Waals surface area (Å²) in [5, 5.41) is 8.49. The average molecular weight is 428 g/mol. The number of anilines is 1. The van der Waals surface area contributed by atoms with Crippen molar-refractivity contribution in [3.63, 3.8) is 0 Å². The number of nitrogens with zero attached hydrogens (tertiary/aromatic N) is 3. The van der Waals surface area contributed by atoms with Crippen LogP contribution in [-0.2, 0) is 4.79 Å². The van der Waals surface area contributed by atoms with Crippen molar-refractivity contribution in [2.24, 2.45) is 0 Å². The van der Waals surface area contributed by atoms with Crippen LogP contribution >= 0.6 is 0 Å². The molecule has 0 aliphatic heterocycles. The molecule has 2 heterocycles. The summed E-state index contributed by atoms with van der Waals surface area (Å²) in [7, 11) is 0. The fraction of sp³-hybridized carbons (Fsp3) is 0.200. The molecule has 0 spiro atoms. The zero-order valence-electron chi connectivity index (χ0n) is 18.4. The minimum absolute atomic E-state index is 0.0697. The van der Waals surface area contributed by atoms with E-state index < -0.39 is 6.04 Å². The lowest BCUT2D eigenvalue weighted by Crippen LogP contribution is -2.25. The van der Waals surface area contributed by atoms with Crippen LogP contribution in [0.2, 0.25) is 0 Å². The summed E-state index contributed by atoms with van der Waals surface area (Å²) < 4.78 is 3.23. The number of carbonyl (C=O) groups excluding carboxylic acids is 2. The van der Waals surface area contributed by atoms with Gasteiger partial charge in [0.05, 0.1) is 17.3 Å². The molecule has 0 fully saturated rings. The molecule has 4 rings (SSSR count). The highest BCUT2D eigenvalue weighted by Gasteiger charge is 2.24. The topological polar surface area (TPSA) is 86.0 Å². The van der Waals surface area contributed by atoms with E-state index in [1.807, 2.05) is 48.7 Å². The van der Waals surface area contributed by atoms with Crippen molar-refractivity contribution in [2.45, 2.75) is 33.7 Å². The van der Waals surface area contributed by atoms with E-state index in [1.165, 1.54) is 11.6 Å². The molecule has 0 aliphatic rings. The smallest absolute Gasteiger partial charge is 0.281 e. The number of ketones is 1. The number of rotatable bonds is 5. The number of carbonyl (C=O) groups is 2. The van der Waals surface area contributed by atoms with E-state index in [0.717, 1.165) is 11.1 Å². The zero-order chi connectivity index (χ0) is 23.0. The van der Waals surface area contributed by atoms with Gasteiger partial charge in [0.2, 0.25) is 5.91 Å². The van der Waals surface area contributed by atoms with Crippen molar-refractivity contribution in [1.82, 2.24) is 14.3 Å². The third kappa shape index (κ3) is 3.62. The molecule has 4 aromatic rings. The van der Waals surface area contributed by atoms with E-state index in [2.05, 4.69) is 10.4 Å². The molecule has 32 heavy (non-hydrogen) atoms. The maximum atomic E-state index is 13.3. The lowest BCUT2D eigenvalue weighted by Gasteiger charge is -2.18. The maximum absolute atomic E-state index is 13.3. The van der Waals surface area contributed by atoms with Gasteiger partial charge in [-0.25, -0.2) is 0 Å². The molecular weight excluding hydrogens is 404 g/mol. The largest absolute Gasteiger partial charge is 0.336 e. The third-order valence-corrected chi connectivity index (χ3v) is 5.76. The highest BCUT2D eigenvalue weighted by Crippen LogP contribution is 2.27. The molecule has 7 heteroatoms. The highest BCUT2D eigenvalue weighted by molar-refractivity contribution is 5.98. The average Bonchev–Trinajstić information content (AvgIpc) is 3.04. The number of para-hydroxylation sites is 1. The van der Waals surface area contributed by atoms with Gasteiger partial charge in [0.15, 0.2) is 5.78 Å². The molecule has 0 aliphatic carbocycles. The number of hydrogen-bond donors (Lipinski definition) is 1. The number of hydrogen-bond acceptors (Lipinski definition) is 4. The van der Waals surface area contributed by atoms with Crippen LogP contribution in [0.25, 0.3) is 16.5 Å². The zero-order valence-corrected chi connectivity index (χ0v) is 18.4. The van der Waals surface area contributed by atoms with Gasteiger partial charge in [-0.15, -0.1) is 0 Å². The predicted octanol–water partition coefficient (Wildman–Crippen LogP) is 4.21. The van der Waals surface area contributed by atoms with Crippen LogP contribution in [0.1, 0.15) is 41.6 Å². The maximum Gasteiger partial charge on any atom is 0.281 e. The second-order valence-corrected chi connectivity index (χ2v) is 7.83. The molecular formula is C25H24N4O3. The Morgan fingerprint density at radius 2 is 1.72 bits per heavy atom. The summed E-state index contributed by atoms with van der Waals surface area (Å²) in [6.45, 7) is 6.99. The van der Waals surface area contributed by atoms with Gasteiger partial charge in [-0.05, 0) is 52.0 Å². The van der Waals surface area contributed by atoms with Crippen molar-refractivity contribution < 1.29 is 9.59 Å². The van der Waals surface area contributed by atoms with Crippen LogP contribution in [0.3, 0.4) is 0 Å². The van der Waals surface area contributed by atoms with Gasteiger partial charge < -0.3 is 9.88 Å². The van der Waals surface area contributed by atoms with E-state index in [1.54, 1.807) is 37.4 Å². The molecule has 2 aromatic heterocycles. The van der Waals surface area contributed by atoms with Crippen LogP contribution in [0, 0.1) is 13.8 Å². The first kappa shape index (κ1) is 21.2. The quantitative estimate of drug-likeness (QED) is 0.483. The number of nitrogens with one attached hydrogen (secondary N) is 1. The van der Waals surface area contributed by atoms with Crippen LogP contribution in [0.4, 0.5) is 5.69 Å². The number of benzene rings is 2. The highest BCUT2D eigenvalue weighted by atomic mass is 16.2. The second kappa shape index (κ2) is 8.26. The molecule has 0 bridgehead atoms. The van der Waals surface area contributed by atoms with Crippen molar-refractivity contribution in [3.8, 4) is 5.69 Å². The first-order valence-electron chi connectivity index (χ1n) is 10.4. The Bertz CT molecular complexity index is 1400. The van der Waals surface area contributed by atoms with E-state index in [-0.39, 0.29) is 17.2 Å². The van der Waals surface area contributed by atoms with Crippen LogP contribution < -0.4 is 10.9 Å². The van der Waals surface area contributed by atoms with Crippen molar-refractivity contribution in [3.05, 3.63) is 88.1 Å². The summed E-state index contributed by atoms with van der Waals surface area (Å²) in [5.74, 6) is -0.312. The molecule has 0 radical (unpaired) electrons. The molecule has 0 saturated heterocycles. The van der Waals surface area contributed by atoms with Gasteiger partial charge in [-0.3, -0.25) is 14.4 Å². The fourth-order valence-electron chi connectivity index (χ4n) is 4.09. The fourth-order valence-corrected chi connectivity index (χ4v) is 4.09. The molecule has 0 saturated carbocycles. The number of amides is 1. The van der Waals surface area contributed by atoms with Crippen LogP contribution in [0.5, 0.6) is 0 Å². The van der Waals surface area contributed by atoms with Gasteiger partial charge in [0.1, 0.15) is 6.04 Å². The van der Waals surface area contributed by atoms with Crippen LogP contribution in [0.15, 0.2) is 65.6 Å². The monoisotopic (exact) mass is 428 g/mol. The summed E-state index contributed by atoms with van der Waals surface area (Å²) in [4.78, 5) is 37.9. The summed E-state index contributed by atoms with van der Waals surface area (Å²) >= 11 is 0. The Labute approximate surface area is 185 Å². The number of fused-ring (bicyclic) bond motifs is 1. The number of aromatic nitrogens is 3. The normalized spacial score (nSPS) is 12.0. The minimum atomic E-state index is -0.576. The van der Waals surface area contributed by atoms with Crippen LogP contribution in [-0.4, -0.2) is 26.0 Å². The van der Waals surface area contributed by atoms with E-state index in [9.17, 15) is 14.4 Å². The van der Waals surface area contributed by atoms with Gasteiger partial charge in [0, 0.05) is 28.0 Å². The summed E-state index contributed by atoms with van der Waals surface area (Å²) in [6, 6.07) is 15.5. The summed E-state index contributed by atoms with van der Waals surface area (Å²) in [5.41, 5.74) is 3.03. The van der Waals surface area contributed by atoms with Crippen molar-refractivity contribution in [1.29, 1.82) is 0 Å². The Morgan fingerprint density at radius 3 is 2.41 bits per heavy atom. The van der Waals surface area contributed by atoms with Gasteiger partial charge in [-0.2, -0.15) is 9.78 Å². The van der Waals surface area contributed by atoms with Crippen molar-refractivity contribution in [2.75, 3.05) is 5.32 Å². The van der Waals surface area contributed by atoms with Gasteiger partial charge in [0.25, 0.3) is 5.56 Å². The molecule has 1 atom stereocenters. The first-order chi connectivity index (χ1) is 15.3.